The molecule has 4 heterocycles. The largest absolute Gasteiger partial charge is 0.466 e. The molecule has 10 heteroatoms. The molecule has 1 saturated heterocycles. The summed E-state index contributed by atoms with van der Waals surface area (Å²) in [7, 11) is 1.39. The lowest BCUT2D eigenvalue weighted by Crippen LogP contribution is -2.44. The van der Waals surface area contributed by atoms with Crippen molar-refractivity contribution in [3.05, 3.63) is 52.0 Å². The number of hydrogen-bond acceptors (Lipinski definition) is 7. The molecule has 0 aliphatic carbocycles. The van der Waals surface area contributed by atoms with Gasteiger partial charge in [0.1, 0.15) is 6.04 Å². The van der Waals surface area contributed by atoms with Gasteiger partial charge in [-0.2, -0.15) is 5.10 Å². The second-order valence-corrected chi connectivity index (χ2v) is 9.79. The molecule has 3 aromatic rings. The number of fused-ring (bicyclic) bond motifs is 1. The number of ether oxygens (including phenoxy) is 3. The Bertz CT molecular complexity index is 1260. The van der Waals surface area contributed by atoms with Crippen LogP contribution in [-0.4, -0.2) is 65.0 Å². The lowest BCUT2D eigenvalue weighted by molar-refractivity contribution is -0.143. The molecule has 1 aliphatic rings. The minimum absolute atomic E-state index is 0.190. The highest BCUT2D eigenvalue weighted by atomic mass is 79.9. The molecule has 1 aliphatic heterocycles. The number of hydrogen-bond donors (Lipinski definition) is 0. The number of unbranched alkanes of at least 4 members (excludes halogenated alkanes) is 1. The van der Waals surface area contributed by atoms with E-state index in [1.54, 1.807) is 11.1 Å². The van der Waals surface area contributed by atoms with Crippen LogP contribution < -0.4 is 0 Å². The number of halogens is 1. The van der Waals surface area contributed by atoms with Crippen LogP contribution >= 0.6 is 15.9 Å². The maximum atomic E-state index is 12.7. The fourth-order valence-electron chi connectivity index (χ4n) is 4.86. The normalized spacial score (nSPS) is 15.7. The second-order valence-electron chi connectivity index (χ2n) is 8.87. The smallest absolute Gasteiger partial charge is 0.410 e. The van der Waals surface area contributed by atoms with E-state index >= 15 is 0 Å². The van der Waals surface area contributed by atoms with E-state index in [-0.39, 0.29) is 5.97 Å². The van der Waals surface area contributed by atoms with Crippen molar-refractivity contribution in [3.63, 3.8) is 0 Å². The first-order valence-corrected chi connectivity index (χ1v) is 13.5. The zero-order valence-corrected chi connectivity index (χ0v) is 23.1. The van der Waals surface area contributed by atoms with Crippen molar-refractivity contribution in [2.45, 2.75) is 52.0 Å². The van der Waals surface area contributed by atoms with Crippen molar-refractivity contribution >= 4 is 33.5 Å². The Morgan fingerprint density at radius 3 is 2.78 bits per heavy atom. The molecule has 4 rings (SSSR count). The number of amides is 1. The highest BCUT2D eigenvalue weighted by Gasteiger charge is 2.34. The van der Waals surface area contributed by atoms with Crippen LogP contribution in [0.25, 0.3) is 16.6 Å². The molecule has 0 bridgehead atoms. The average Bonchev–Trinajstić information content (AvgIpc) is 3.32. The van der Waals surface area contributed by atoms with E-state index in [4.69, 9.17) is 19.3 Å². The van der Waals surface area contributed by atoms with Gasteiger partial charge in [-0.15, -0.1) is 0 Å². The molecule has 9 nitrogen and oxygen atoms in total. The van der Waals surface area contributed by atoms with Gasteiger partial charge in [0.05, 0.1) is 38.1 Å². The van der Waals surface area contributed by atoms with Crippen molar-refractivity contribution in [2.75, 3.05) is 33.5 Å². The Morgan fingerprint density at radius 1 is 1.22 bits per heavy atom. The van der Waals surface area contributed by atoms with E-state index < -0.39 is 12.1 Å². The Hall–Kier alpha value is -2.98. The van der Waals surface area contributed by atoms with Gasteiger partial charge in [0.15, 0.2) is 0 Å². The summed E-state index contributed by atoms with van der Waals surface area (Å²) < 4.78 is 18.9. The standard InChI is InChI=1S/C27H33BrN4O5/c1-4-20-10-11-22-25(18-14-19(28)16-29-15-18)21(8-6-7-9-24(33)37-5-2)26(30-32(20)22)23-17-36-13-12-31(23)27(34)35-3/h10-11,14-16,23H,4-9,12-13,17H2,1-3H3. The summed E-state index contributed by atoms with van der Waals surface area (Å²) in [6, 6.07) is 5.81. The van der Waals surface area contributed by atoms with Crippen LogP contribution in [0.2, 0.25) is 0 Å². The number of methoxy groups -OCH3 is 1. The van der Waals surface area contributed by atoms with Gasteiger partial charge < -0.3 is 14.2 Å². The Kier molecular flexibility index (Phi) is 9.15. The Balaban J connectivity index is 1.87. The maximum Gasteiger partial charge on any atom is 0.410 e. The molecular formula is C27H33BrN4O5. The molecule has 1 amide bonds. The number of carbonyl (C=O) groups is 2. The summed E-state index contributed by atoms with van der Waals surface area (Å²) in [6.07, 6.45) is 6.46. The molecule has 1 unspecified atom stereocenters. The highest BCUT2D eigenvalue weighted by Crippen LogP contribution is 2.37. The molecular weight excluding hydrogens is 540 g/mol. The summed E-state index contributed by atoms with van der Waals surface area (Å²) in [5.74, 6) is -0.190. The zero-order chi connectivity index (χ0) is 26.4. The number of carbonyl (C=O) groups excluding carboxylic acids is 2. The first kappa shape index (κ1) is 27.1. The predicted molar refractivity (Wildman–Crippen MR) is 142 cm³/mol. The minimum atomic E-state index is -0.406. The Labute approximate surface area is 225 Å². The van der Waals surface area contributed by atoms with Crippen LogP contribution in [0.5, 0.6) is 0 Å². The van der Waals surface area contributed by atoms with Gasteiger partial charge in [0.2, 0.25) is 0 Å². The zero-order valence-electron chi connectivity index (χ0n) is 21.5. The molecule has 0 N–H and O–H groups in total. The molecule has 3 aromatic heterocycles. The van der Waals surface area contributed by atoms with E-state index in [1.807, 2.05) is 23.7 Å². The summed E-state index contributed by atoms with van der Waals surface area (Å²) >= 11 is 3.57. The van der Waals surface area contributed by atoms with Crippen molar-refractivity contribution in [1.82, 2.24) is 19.5 Å². The van der Waals surface area contributed by atoms with Gasteiger partial charge in [0.25, 0.3) is 0 Å². The fraction of sp³-hybridized carbons (Fsp3) is 0.481. The van der Waals surface area contributed by atoms with Crippen LogP contribution in [-0.2, 0) is 31.8 Å². The molecule has 198 valence electrons. The number of nitrogens with zero attached hydrogens (tertiary/aromatic N) is 4. The monoisotopic (exact) mass is 572 g/mol. The molecule has 0 spiro atoms. The van der Waals surface area contributed by atoms with E-state index in [0.717, 1.165) is 50.9 Å². The molecule has 0 radical (unpaired) electrons. The van der Waals surface area contributed by atoms with Gasteiger partial charge in [-0.1, -0.05) is 6.92 Å². The molecule has 37 heavy (non-hydrogen) atoms. The summed E-state index contributed by atoms with van der Waals surface area (Å²) in [5.41, 5.74) is 5.80. The van der Waals surface area contributed by atoms with Crippen LogP contribution in [0.1, 0.15) is 56.1 Å². The third-order valence-corrected chi connectivity index (χ3v) is 7.01. The second kappa shape index (κ2) is 12.5. The van der Waals surface area contributed by atoms with Gasteiger partial charge in [0, 0.05) is 46.7 Å². The number of aryl methyl sites for hydroxylation is 1. The maximum absolute atomic E-state index is 12.7. The lowest BCUT2D eigenvalue weighted by Gasteiger charge is -2.35. The number of esters is 1. The number of pyridine rings is 1. The van der Waals surface area contributed by atoms with Crippen LogP contribution in [0, 0.1) is 0 Å². The van der Waals surface area contributed by atoms with Crippen molar-refractivity contribution < 1.29 is 23.8 Å². The fourth-order valence-corrected chi connectivity index (χ4v) is 5.22. The third kappa shape index (κ3) is 5.96. The molecule has 0 saturated carbocycles. The van der Waals surface area contributed by atoms with Crippen molar-refractivity contribution in [3.8, 4) is 11.1 Å². The SMILES string of the molecule is CCOC(=O)CCCCc1c(C2COCCN2C(=O)OC)nn2c(CC)ccc2c1-c1cncc(Br)c1. The van der Waals surface area contributed by atoms with E-state index in [2.05, 4.69) is 40.0 Å². The van der Waals surface area contributed by atoms with Crippen LogP contribution in [0.15, 0.2) is 35.1 Å². The molecule has 0 aromatic carbocycles. The van der Waals surface area contributed by atoms with Gasteiger partial charge in [-0.05, 0) is 72.3 Å². The first-order chi connectivity index (χ1) is 18.0. The van der Waals surface area contributed by atoms with Crippen LogP contribution in [0.3, 0.4) is 0 Å². The van der Waals surface area contributed by atoms with E-state index in [0.29, 0.717) is 45.6 Å². The van der Waals surface area contributed by atoms with E-state index in [9.17, 15) is 9.59 Å². The van der Waals surface area contributed by atoms with Gasteiger partial charge >= 0.3 is 12.1 Å². The number of morpholine rings is 1. The predicted octanol–water partition coefficient (Wildman–Crippen LogP) is 5.14. The topological polar surface area (TPSA) is 95.3 Å². The summed E-state index contributed by atoms with van der Waals surface area (Å²) in [5, 5.41) is 5.11. The highest BCUT2D eigenvalue weighted by molar-refractivity contribution is 9.10. The number of rotatable bonds is 9. The number of aromatic nitrogens is 3. The van der Waals surface area contributed by atoms with Crippen molar-refractivity contribution in [1.29, 1.82) is 0 Å². The first-order valence-electron chi connectivity index (χ1n) is 12.7. The van der Waals surface area contributed by atoms with Gasteiger partial charge in [-0.25, -0.2) is 9.31 Å². The minimum Gasteiger partial charge on any atom is -0.466 e. The summed E-state index contributed by atoms with van der Waals surface area (Å²) in [6.45, 7) is 5.46. The molecule has 1 fully saturated rings. The quantitative estimate of drug-likeness (QED) is 0.259. The molecule has 1 atom stereocenters. The Morgan fingerprint density at radius 2 is 2.05 bits per heavy atom. The lowest BCUT2D eigenvalue weighted by atomic mass is 9.92. The third-order valence-electron chi connectivity index (χ3n) is 6.58. The van der Waals surface area contributed by atoms with Gasteiger partial charge in [-0.3, -0.25) is 14.7 Å². The average molecular weight is 573 g/mol. The van der Waals surface area contributed by atoms with Crippen LogP contribution in [0.4, 0.5) is 4.79 Å². The summed E-state index contributed by atoms with van der Waals surface area (Å²) in [4.78, 5) is 30.8. The van der Waals surface area contributed by atoms with E-state index in [1.165, 1.54) is 7.11 Å². The van der Waals surface area contributed by atoms with Crippen molar-refractivity contribution in [2.24, 2.45) is 0 Å².